The molecule has 0 spiro atoms. The Kier molecular flexibility index (Phi) is 5.53. The van der Waals surface area contributed by atoms with Crippen molar-refractivity contribution < 1.29 is 19.1 Å². The molecule has 9 heteroatoms. The van der Waals surface area contributed by atoms with E-state index in [1.165, 1.54) is 4.90 Å². The van der Waals surface area contributed by atoms with Crippen LogP contribution >= 0.6 is 11.6 Å². The van der Waals surface area contributed by atoms with E-state index in [9.17, 15) is 19.6 Å². The maximum absolute atomic E-state index is 12.7. The molecular formula is C22H19ClN4O4. The van der Waals surface area contributed by atoms with Crippen molar-refractivity contribution in [2.45, 2.75) is 19.4 Å². The number of nitriles is 1. The fourth-order valence-corrected chi connectivity index (χ4v) is 3.98. The molecule has 2 aromatic rings. The Bertz CT molecular complexity index is 1130. The van der Waals surface area contributed by atoms with Gasteiger partial charge in [-0.15, -0.1) is 0 Å². The molecule has 2 aliphatic rings. The summed E-state index contributed by atoms with van der Waals surface area (Å²) in [6, 6.07) is 12.1. The van der Waals surface area contributed by atoms with Crippen LogP contribution in [-0.4, -0.2) is 48.4 Å². The molecule has 2 amide bonds. The van der Waals surface area contributed by atoms with E-state index in [0.29, 0.717) is 41.7 Å². The Balaban J connectivity index is 1.39. The summed E-state index contributed by atoms with van der Waals surface area (Å²) in [6.07, 6.45) is 0.203. The molecule has 31 heavy (non-hydrogen) atoms. The normalized spacial score (nSPS) is 17.6. The lowest BCUT2D eigenvalue weighted by Crippen LogP contribution is -2.55. The van der Waals surface area contributed by atoms with Crippen LogP contribution < -0.4 is 15.0 Å². The number of ether oxygens (including phenoxy) is 1. The standard InChI is InChI=1S/C22H19ClN4O4/c1-13-12-26(6-7-27(13)17-4-5-18(23)15(8-17)11-24)22(30)21(29)25-16-3-2-14-9-20(28)31-19(14)10-16/h2-5,8,10,13H,6-7,9,12H2,1H3,(H,25,29)/t13-/m1/s1. The summed E-state index contributed by atoms with van der Waals surface area (Å²) in [4.78, 5) is 40.1. The quantitative estimate of drug-likeness (QED) is 0.438. The molecule has 0 aliphatic carbocycles. The van der Waals surface area contributed by atoms with Gasteiger partial charge in [-0.1, -0.05) is 17.7 Å². The van der Waals surface area contributed by atoms with Crippen molar-refractivity contribution in [2.24, 2.45) is 0 Å². The summed E-state index contributed by atoms with van der Waals surface area (Å²) < 4.78 is 5.08. The minimum absolute atomic E-state index is 0.0578. The molecule has 8 nitrogen and oxygen atoms in total. The van der Waals surface area contributed by atoms with Crippen molar-refractivity contribution in [3.8, 4) is 11.8 Å². The summed E-state index contributed by atoms with van der Waals surface area (Å²) in [6.45, 7) is 3.19. The van der Waals surface area contributed by atoms with Crippen LogP contribution in [0.25, 0.3) is 0 Å². The number of carbonyl (C=O) groups is 3. The minimum Gasteiger partial charge on any atom is -0.426 e. The zero-order valence-electron chi connectivity index (χ0n) is 16.7. The van der Waals surface area contributed by atoms with Gasteiger partial charge >= 0.3 is 17.8 Å². The summed E-state index contributed by atoms with van der Waals surface area (Å²) in [5, 5.41) is 12.2. The second-order valence-electron chi connectivity index (χ2n) is 7.50. The highest BCUT2D eigenvalue weighted by molar-refractivity contribution is 6.39. The molecule has 1 saturated heterocycles. The Morgan fingerprint density at radius 2 is 2.03 bits per heavy atom. The van der Waals surface area contributed by atoms with Crippen molar-refractivity contribution in [1.82, 2.24) is 4.90 Å². The van der Waals surface area contributed by atoms with Gasteiger partial charge in [0.1, 0.15) is 11.8 Å². The van der Waals surface area contributed by atoms with Crippen molar-refractivity contribution in [1.29, 1.82) is 5.26 Å². The number of benzene rings is 2. The van der Waals surface area contributed by atoms with Gasteiger partial charge in [-0.25, -0.2) is 0 Å². The van der Waals surface area contributed by atoms with Crippen molar-refractivity contribution >= 4 is 40.8 Å². The molecule has 0 aromatic heterocycles. The van der Waals surface area contributed by atoms with E-state index in [1.807, 2.05) is 13.0 Å². The first-order valence-corrected chi connectivity index (χ1v) is 10.1. The third-order valence-corrected chi connectivity index (χ3v) is 5.72. The Morgan fingerprint density at radius 1 is 1.23 bits per heavy atom. The molecule has 0 radical (unpaired) electrons. The first kappa shape index (κ1) is 20.7. The minimum atomic E-state index is -0.747. The molecule has 1 fully saturated rings. The summed E-state index contributed by atoms with van der Waals surface area (Å²) >= 11 is 6.01. The third-order valence-electron chi connectivity index (χ3n) is 5.39. The molecule has 2 aliphatic heterocycles. The summed E-state index contributed by atoms with van der Waals surface area (Å²) in [7, 11) is 0. The SMILES string of the molecule is C[C@@H]1CN(C(=O)C(=O)Nc2ccc3c(c2)OC(=O)C3)CCN1c1ccc(Cl)c(C#N)c1. The van der Waals surface area contributed by atoms with Crippen LogP contribution in [0.15, 0.2) is 36.4 Å². The molecule has 2 aromatic carbocycles. The highest BCUT2D eigenvalue weighted by Gasteiger charge is 2.31. The van der Waals surface area contributed by atoms with Gasteiger partial charge in [-0.05, 0) is 31.2 Å². The van der Waals surface area contributed by atoms with Crippen LogP contribution in [0.4, 0.5) is 11.4 Å². The van der Waals surface area contributed by atoms with E-state index in [2.05, 4.69) is 16.3 Å². The zero-order chi connectivity index (χ0) is 22.1. The van der Waals surface area contributed by atoms with Gasteiger partial charge < -0.3 is 19.9 Å². The number of nitrogens with one attached hydrogen (secondary N) is 1. The number of hydrogen-bond acceptors (Lipinski definition) is 6. The van der Waals surface area contributed by atoms with Crippen LogP contribution in [0.1, 0.15) is 18.1 Å². The lowest BCUT2D eigenvalue weighted by molar-refractivity contribution is -0.143. The van der Waals surface area contributed by atoms with E-state index in [4.69, 9.17) is 16.3 Å². The monoisotopic (exact) mass is 438 g/mol. The largest absolute Gasteiger partial charge is 0.426 e. The number of rotatable bonds is 2. The van der Waals surface area contributed by atoms with E-state index in [-0.39, 0.29) is 18.4 Å². The van der Waals surface area contributed by atoms with Gasteiger partial charge in [-0.2, -0.15) is 5.26 Å². The molecule has 158 valence electrons. The number of nitrogens with zero attached hydrogens (tertiary/aromatic N) is 3. The van der Waals surface area contributed by atoms with Gasteiger partial charge in [0.05, 0.1) is 17.0 Å². The lowest BCUT2D eigenvalue weighted by atomic mass is 10.1. The van der Waals surface area contributed by atoms with E-state index in [0.717, 1.165) is 11.3 Å². The molecule has 0 bridgehead atoms. The number of esters is 1. The predicted octanol–water partition coefficient (Wildman–Crippen LogP) is 2.35. The molecule has 1 atom stereocenters. The third kappa shape index (κ3) is 4.18. The van der Waals surface area contributed by atoms with E-state index < -0.39 is 11.8 Å². The molecule has 1 N–H and O–H groups in total. The van der Waals surface area contributed by atoms with Crippen molar-refractivity contribution in [2.75, 3.05) is 29.9 Å². The van der Waals surface area contributed by atoms with Gasteiger partial charge in [0.25, 0.3) is 0 Å². The number of anilines is 2. The first-order chi connectivity index (χ1) is 14.9. The van der Waals surface area contributed by atoms with Crippen molar-refractivity contribution in [3.05, 3.63) is 52.5 Å². The molecule has 2 heterocycles. The molecule has 0 saturated carbocycles. The number of amides is 2. The molecular weight excluding hydrogens is 420 g/mol. The first-order valence-electron chi connectivity index (χ1n) is 9.76. The molecule has 0 unspecified atom stereocenters. The number of piperazine rings is 1. The Morgan fingerprint density at radius 3 is 2.77 bits per heavy atom. The Hall–Kier alpha value is -3.57. The van der Waals surface area contributed by atoms with Crippen LogP contribution in [0.5, 0.6) is 5.75 Å². The summed E-state index contributed by atoms with van der Waals surface area (Å²) in [5.74, 6) is -1.32. The predicted molar refractivity (Wildman–Crippen MR) is 114 cm³/mol. The highest BCUT2D eigenvalue weighted by Crippen LogP contribution is 2.29. The van der Waals surface area contributed by atoms with E-state index in [1.54, 1.807) is 30.3 Å². The number of halogens is 1. The van der Waals surface area contributed by atoms with Crippen LogP contribution in [0.2, 0.25) is 5.02 Å². The van der Waals surface area contributed by atoms with Gasteiger partial charge in [0, 0.05) is 48.7 Å². The van der Waals surface area contributed by atoms with Crippen LogP contribution in [-0.2, 0) is 20.8 Å². The maximum atomic E-state index is 12.7. The number of fused-ring (bicyclic) bond motifs is 1. The number of carbonyl (C=O) groups excluding carboxylic acids is 3. The van der Waals surface area contributed by atoms with Crippen molar-refractivity contribution in [3.63, 3.8) is 0 Å². The molecule has 4 rings (SSSR count). The van der Waals surface area contributed by atoms with Gasteiger partial charge in [-0.3, -0.25) is 14.4 Å². The lowest BCUT2D eigenvalue weighted by Gasteiger charge is -2.41. The van der Waals surface area contributed by atoms with E-state index >= 15 is 0 Å². The fourth-order valence-electron chi connectivity index (χ4n) is 3.82. The number of hydrogen-bond donors (Lipinski definition) is 1. The highest BCUT2D eigenvalue weighted by atomic mass is 35.5. The smallest absolute Gasteiger partial charge is 0.315 e. The average Bonchev–Trinajstić information content (AvgIpc) is 3.13. The van der Waals surface area contributed by atoms with Gasteiger partial charge in [0.2, 0.25) is 0 Å². The zero-order valence-corrected chi connectivity index (χ0v) is 17.5. The maximum Gasteiger partial charge on any atom is 0.315 e. The topological polar surface area (TPSA) is 103 Å². The second kappa shape index (κ2) is 8.28. The Labute approximate surface area is 183 Å². The summed E-state index contributed by atoms with van der Waals surface area (Å²) in [5.41, 5.74) is 2.38. The second-order valence-corrected chi connectivity index (χ2v) is 7.90. The van der Waals surface area contributed by atoms with Crippen LogP contribution in [0.3, 0.4) is 0 Å². The van der Waals surface area contributed by atoms with Gasteiger partial charge in [0.15, 0.2) is 0 Å². The average molecular weight is 439 g/mol. The van der Waals surface area contributed by atoms with Crippen LogP contribution in [0, 0.1) is 11.3 Å². The fraction of sp³-hybridized carbons (Fsp3) is 0.273.